The van der Waals surface area contributed by atoms with E-state index in [0.29, 0.717) is 11.8 Å². The Bertz CT molecular complexity index is 2100. The highest BCUT2D eigenvalue weighted by atomic mass is 16.5. The van der Waals surface area contributed by atoms with Crippen molar-refractivity contribution in [2.24, 2.45) is 11.8 Å². The van der Waals surface area contributed by atoms with E-state index < -0.39 is 0 Å². The Balaban J connectivity index is 0. The van der Waals surface area contributed by atoms with E-state index >= 15 is 0 Å². The van der Waals surface area contributed by atoms with Gasteiger partial charge in [-0.15, -0.1) is 13.2 Å². The van der Waals surface area contributed by atoms with Crippen LogP contribution in [-0.4, -0.2) is 25.4 Å². The molecule has 0 saturated heterocycles. The first-order valence-corrected chi connectivity index (χ1v) is 24.1. The zero-order valence-corrected chi connectivity index (χ0v) is 45.5. The van der Waals surface area contributed by atoms with Crippen LogP contribution in [0.1, 0.15) is 141 Å². The number of ether oxygens (including phenoxy) is 2. The van der Waals surface area contributed by atoms with Gasteiger partial charge in [-0.2, -0.15) is 0 Å². The molecular formula is C65H92O2. The SMILES string of the molecule is C=C(/C=C(\C=C(/C)c1ccc(C)cc1)c1ccccc1)c1ccc(/C=C\c2ccccc2C)cc1.C=CC.C=CCC.CC.COC(C)(C)C(C)C.COC(C)(C)C(C)C.Cc1ccccc1. The highest BCUT2D eigenvalue weighted by molar-refractivity contribution is 5.91. The van der Waals surface area contributed by atoms with Crippen molar-refractivity contribution in [3.05, 3.63) is 222 Å². The van der Waals surface area contributed by atoms with Gasteiger partial charge in [0.1, 0.15) is 0 Å². The molecule has 0 aliphatic heterocycles. The van der Waals surface area contributed by atoms with Crippen molar-refractivity contribution in [1.29, 1.82) is 0 Å². The number of allylic oxidation sites excluding steroid dienone is 7. The molecule has 2 nitrogen and oxygen atoms in total. The lowest BCUT2D eigenvalue weighted by Gasteiger charge is -2.26. The molecule has 0 saturated carbocycles. The van der Waals surface area contributed by atoms with Crippen LogP contribution in [0.4, 0.5) is 0 Å². The summed E-state index contributed by atoms with van der Waals surface area (Å²) in [5.41, 5.74) is 13.3. The second kappa shape index (κ2) is 36.6. The van der Waals surface area contributed by atoms with Gasteiger partial charge >= 0.3 is 0 Å². The van der Waals surface area contributed by atoms with Gasteiger partial charge in [-0.3, -0.25) is 0 Å². The van der Waals surface area contributed by atoms with Crippen molar-refractivity contribution >= 4 is 28.9 Å². The third-order valence-electron chi connectivity index (χ3n) is 11.3. The summed E-state index contributed by atoms with van der Waals surface area (Å²) in [5, 5.41) is 0. The molecule has 0 atom stereocenters. The van der Waals surface area contributed by atoms with Crippen molar-refractivity contribution in [3.63, 3.8) is 0 Å². The molecule has 67 heavy (non-hydrogen) atoms. The molecule has 0 bridgehead atoms. The first-order valence-electron chi connectivity index (χ1n) is 24.1. The van der Waals surface area contributed by atoms with Crippen LogP contribution < -0.4 is 0 Å². The molecule has 2 heteroatoms. The molecule has 0 radical (unpaired) electrons. The minimum Gasteiger partial charge on any atom is -0.379 e. The van der Waals surface area contributed by atoms with Crippen LogP contribution in [-0.2, 0) is 9.47 Å². The maximum absolute atomic E-state index is 5.20. The van der Waals surface area contributed by atoms with Gasteiger partial charge in [0.25, 0.3) is 0 Å². The van der Waals surface area contributed by atoms with E-state index in [2.05, 4.69) is 249 Å². The zero-order chi connectivity index (χ0) is 51.4. The van der Waals surface area contributed by atoms with Gasteiger partial charge in [-0.05, 0) is 137 Å². The predicted molar refractivity (Wildman–Crippen MR) is 306 cm³/mol. The largest absolute Gasteiger partial charge is 0.379 e. The highest BCUT2D eigenvalue weighted by Crippen LogP contribution is 2.27. The Morgan fingerprint density at radius 1 is 0.567 bits per heavy atom. The van der Waals surface area contributed by atoms with Gasteiger partial charge < -0.3 is 9.47 Å². The van der Waals surface area contributed by atoms with Crippen LogP contribution in [0.25, 0.3) is 28.9 Å². The molecule has 0 spiro atoms. The quantitative estimate of drug-likeness (QED) is 0.0705. The zero-order valence-electron chi connectivity index (χ0n) is 45.5. The molecule has 0 aromatic heterocycles. The summed E-state index contributed by atoms with van der Waals surface area (Å²) in [6.07, 6.45) is 13.5. The number of hydrogen-bond acceptors (Lipinski definition) is 2. The summed E-state index contributed by atoms with van der Waals surface area (Å²) in [4.78, 5) is 0. The molecule has 5 rings (SSSR count). The Hall–Kier alpha value is -5.54. The van der Waals surface area contributed by atoms with Crippen LogP contribution in [0, 0.1) is 32.6 Å². The van der Waals surface area contributed by atoms with Crippen molar-refractivity contribution < 1.29 is 9.47 Å². The van der Waals surface area contributed by atoms with Crippen LogP contribution >= 0.6 is 0 Å². The van der Waals surface area contributed by atoms with Gasteiger partial charge in [0.15, 0.2) is 0 Å². The summed E-state index contributed by atoms with van der Waals surface area (Å²) in [6.45, 7) is 44.7. The lowest BCUT2D eigenvalue weighted by molar-refractivity contribution is -0.0158. The topological polar surface area (TPSA) is 18.5 Å². The fourth-order valence-corrected chi connectivity index (χ4v) is 5.02. The number of rotatable bonds is 12. The second-order valence-corrected chi connectivity index (χ2v) is 17.7. The van der Waals surface area contributed by atoms with E-state index in [9.17, 15) is 0 Å². The van der Waals surface area contributed by atoms with Gasteiger partial charge in [0.05, 0.1) is 11.2 Å². The van der Waals surface area contributed by atoms with Crippen molar-refractivity contribution in [2.45, 2.75) is 128 Å². The number of hydrogen-bond donors (Lipinski definition) is 0. The lowest BCUT2D eigenvalue weighted by Crippen LogP contribution is -2.29. The minimum absolute atomic E-state index is 0.0417. The third-order valence-corrected chi connectivity index (χ3v) is 11.3. The van der Waals surface area contributed by atoms with Gasteiger partial charge in [-0.25, -0.2) is 0 Å². The van der Waals surface area contributed by atoms with Crippen LogP contribution in [0.5, 0.6) is 0 Å². The van der Waals surface area contributed by atoms with E-state index in [1.54, 1.807) is 20.3 Å². The van der Waals surface area contributed by atoms with E-state index in [1.807, 2.05) is 45.0 Å². The van der Waals surface area contributed by atoms with Crippen molar-refractivity contribution in [1.82, 2.24) is 0 Å². The summed E-state index contributed by atoms with van der Waals surface area (Å²) in [7, 11) is 3.50. The molecule has 5 aromatic rings. The average molecular weight is 905 g/mol. The summed E-state index contributed by atoms with van der Waals surface area (Å²) >= 11 is 0. The van der Waals surface area contributed by atoms with Gasteiger partial charge in [-0.1, -0.05) is 230 Å². The molecular weight excluding hydrogens is 813 g/mol. The summed E-state index contributed by atoms with van der Waals surface area (Å²) in [6, 6.07) is 46.5. The molecule has 0 fully saturated rings. The van der Waals surface area contributed by atoms with E-state index in [0.717, 1.165) is 23.1 Å². The molecule has 5 aromatic carbocycles. The Morgan fingerprint density at radius 3 is 1.34 bits per heavy atom. The molecule has 0 aliphatic rings. The van der Waals surface area contributed by atoms with E-state index in [-0.39, 0.29) is 11.2 Å². The van der Waals surface area contributed by atoms with Crippen molar-refractivity contribution in [2.75, 3.05) is 14.2 Å². The highest BCUT2D eigenvalue weighted by Gasteiger charge is 2.21. The molecule has 0 amide bonds. The Labute approximate surface area is 413 Å². The predicted octanol–water partition coefficient (Wildman–Crippen LogP) is 19.6. The molecule has 0 unspecified atom stereocenters. The van der Waals surface area contributed by atoms with Crippen LogP contribution in [0.2, 0.25) is 0 Å². The molecule has 0 N–H and O–H groups in total. The fourth-order valence-electron chi connectivity index (χ4n) is 5.02. The Kier molecular flexibility index (Phi) is 34.7. The molecule has 0 heterocycles. The number of aryl methyl sites for hydroxylation is 3. The maximum atomic E-state index is 5.20. The number of benzene rings is 5. The monoisotopic (exact) mass is 905 g/mol. The maximum Gasteiger partial charge on any atom is 0.0645 e. The molecule has 0 aliphatic carbocycles. The third kappa shape index (κ3) is 28.3. The lowest BCUT2D eigenvalue weighted by atomic mass is 9.95. The van der Waals surface area contributed by atoms with E-state index in [1.165, 1.54) is 44.5 Å². The Morgan fingerprint density at radius 2 is 0.970 bits per heavy atom. The first-order chi connectivity index (χ1) is 31.7. The summed E-state index contributed by atoms with van der Waals surface area (Å²) in [5.74, 6) is 1.18. The average Bonchev–Trinajstić information content (AvgIpc) is 3.33. The van der Waals surface area contributed by atoms with Crippen LogP contribution in [0.3, 0.4) is 0 Å². The standard InChI is InChI=1S/C35H32.2C7H16O.C7H8.C4H8.C3H6.C2H6/c1-26-14-19-32(20-15-26)28(3)24-35(34-12-6-5-7-13-34)25-29(4)33-22-17-30(18-23-33)16-21-31-11-9-8-10-27(31)2;2*1-6(2)7(3,4)8-5;1-7-5-3-2-4-6-7;1-3-4-2;1-3-2;1-2/h5-25H,4H2,1-3H3;2*6H,1-5H3;2-6H,1H3;3H,1,4H2,2H3;3H,1H2,2H3;1-2H3/b21-16-,28-24+,35-25+;;;;;;. The normalized spacial score (nSPS) is 11.0. The van der Waals surface area contributed by atoms with Gasteiger partial charge in [0, 0.05) is 14.2 Å². The summed E-state index contributed by atoms with van der Waals surface area (Å²) < 4.78 is 10.4. The smallest absolute Gasteiger partial charge is 0.0645 e. The minimum atomic E-state index is 0.0417. The van der Waals surface area contributed by atoms with Crippen LogP contribution in [0.15, 0.2) is 178 Å². The van der Waals surface area contributed by atoms with Crippen molar-refractivity contribution in [3.8, 4) is 0 Å². The second-order valence-electron chi connectivity index (χ2n) is 17.7. The molecule has 364 valence electrons. The number of methoxy groups -OCH3 is 2. The fraction of sp³-hybridized carbons (Fsp3) is 0.354. The van der Waals surface area contributed by atoms with E-state index in [4.69, 9.17) is 9.47 Å². The first kappa shape index (κ1) is 63.5. The van der Waals surface area contributed by atoms with Gasteiger partial charge in [0.2, 0.25) is 0 Å².